The first-order valence-corrected chi connectivity index (χ1v) is 6.94. The van der Waals surface area contributed by atoms with Crippen LogP contribution in [0.1, 0.15) is 24.1 Å². The molecule has 0 atom stereocenters. The zero-order chi connectivity index (χ0) is 13.9. The molecule has 0 radical (unpaired) electrons. The number of allylic oxidation sites excluding steroid dienone is 3. The topological polar surface area (TPSA) is 33.1 Å². The van der Waals surface area contributed by atoms with Gasteiger partial charge in [-0.25, -0.2) is 0 Å². The second kappa shape index (κ2) is 5.51. The standard InChI is InChI=1S/C17H14ClNO/c18-15-9-2-1-6-12(15)13-7-5-8-14(17(13)20)16-10-3-4-11-19-16/h1-4,6-7,9-11,20H,5,8H2. The Morgan fingerprint density at radius 1 is 1.05 bits per heavy atom. The first-order chi connectivity index (χ1) is 9.77. The number of hydrogen-bond donors (Lipinski definition) is 1. The molecule has 0 aliphatic heterocycles. The van der Waals surface area contributed by atoms with Crippen molar-refractivity contribution in [2.24, 2.45) is 0 Å². The first-order valence-electron chi connectivity index (χ1n) is 6.56. The number of rotatable bonds is 2. The minimum atomic E-state index is 0.281. The van der Waals surface area contributed by atoms with Crippen LogP contribution < -0.4 is 0 Å². The summed E-state index contributed by atoms with van der Waals surface area (Å²) in [5, 5.41) is 11.2. The van der Waals surface area contributed by atoms with Gasteiger partial charge in [0, 0.05) is 27.9 Å². The molecule has 0 spiro atoms. The molecule has 3 rings (SSSR count). The summed E-state index contributed by atoms with van der Waals surface area (Å²) >= 11 is 6.23. The highest BCUT2D eigenvalue weighted by atomic mass is 35.5. The minimum Gasteiger partial charge on any atom is -0.507 e. The molecule has 3 heteroatoms. The van der Waals surface area contributed by atoms with Crippen LogP contribution in [0.4, 0.5) is 0 Å². The third kappa shape index (κ3) is 2.35. The summed E-state index contributed by atoms with van der Waals surface area (Å²) in [6.07, 6.45) is 5.43. The molecular weight excluding hydrogens is 270 g/mol. The summed E-state index contributed by atoms with van der Waals surface area (Å²) in [6, 6.07) is 13.3. The van der Waals surface area contributed by atoms with Gasteiger partial charge in [-0.3, -0.25) is 4.98 Å². The Labute approximate surface area is 123 Å². The maximum atomic E-state index is 10.6. The molecule has 1 aromatic heterocycles. The van der Waals surface area contributed by atoms with Crippen LogP contribution in [0.15, 0.2) is 60.5 Å². The zero-order valence-corrected chi connectivity index (χ0v) is 11.6. The summed E-state index contributed by atoms with van der Waals surface area (Å²) < 4.78 is 0. The second-order valence-corrected chi connectivity index (χ2v) is 5.09. The predicted octanol–water partition coefficient (Wildman–Crippen LogP) is 4.88. The third-order valence-corrected chi connectivity index (χ3v) is 3.75. The van der Waals surface area contributed by atoms with Gasteiger partial charge in [-0.05, 0) is 31.0 Å². The molecule has 1 aliphatic carbocycles. The lowest BCUT2D eigenvalue weighted by atomic mass is 9.91. The summed E-state index contributed by atoms with van der Waals surface area (Å²) in [4.78, 5) is 4.33. The van der Waals surface area contributed by atoms with E-state index in [1.165, 1.54) is 0 Å². The molecular formula is C17H14ClNO. The smallest absolute Gasteiger partial charge is 0.128 e. The Bertz CT molecular complexity index is 689. The molecule has 0 saturated heterocycles. The molecule has 20 heavy (non-hydrogen) atoms. The maximum Gasteiger partial charge on any atom is 0.128 e. The van der Waals surface area contributed by atoms with Gasteiger partial charge in [0.2, 0.25) is 0 Å². The Kier molecular flexibility index (Phi) is 3.57. The molecule has 1 aromatic carbocycles. The van der Waals surface area contributed by atoms with Crippen LogP contribution in [0.25, 0.3) is 11.1 Å². The molecule has 2 aromatic rings. The van der Waals surface area contributed by atoms with Crippen molar-refractivity contribution in [3.63, 3.8) is 0 Å². The van der Waals surface area contributed by atoms with E-state index >= 15 is 0 Å². The lowest BCUT2D eigenvalue weighted by Crippen LogP contribution is -2.02. The highest BCUT2D eigenvalue weighted by Gasteiger charge is 2.20. The van der Waals surface area contributed by atoms with Crippen molar-refractivity contribution < 1.29 is 5.11 Å². The summed E-state index contributed by atoms with van der Waals surface area (Å²) in [5.74, 6) is 0.281. The molecule has 0 amide bonds. The highest BCUT2D eigenvalue weighted by Crippen LogP contribution is 2.37. The Hall–Kier alpha value is -2.06. The van der Waals surface area contributed by atoms with E-state index in [0.717, 1.165) is 35.2 Å². The number of aliphatic hydroxyl groups is 1. The van der Waals surface area contributed by atoms with E-state index in [1.807, 2.05) is 48.5 Å². The van der Waals surface area contributed by atoms with Gasteiger partial charge in [-0.1, -0.05) is 41.9 Å². The average Bonchev–Trinajstić information content (AvgIpc) is 2.49. The van der Waals surface area contributed by atoms with E-state index < -0.39 is 0 Å². The molecule has 2 nitrogen and oxygen atoms in total. The summed E-state index contributed by atoms with van der Waals surface area (Å²) in [6.45, 7) is 0. The van der Waals surface area contributed by atoms with E-state index in [-0.39, 0.29) is 5.76 Å². The summed E-state index contributed by atoms with van der Waals surface area (Å²) in [7, 11) is 0. The lowest BCUT2D eigenvalue weighted by Gasteiger charge is -2.18. The Balaban J connectivity index is 2.08. The Morgan fingerprint density at radius 3 is 2.60 bits per heavy atom. The SMILES string of the molecule is OC1=C(c2ccccn2)CCC=C1c1ccccc1Cl. The quantitative estimate of drug-likeness (QED) is 0.852. The molecule has 1 heterocycles. The van der Waals surface area contributed by atoms with Crippen molar-refractivity contribution in [3.05, 3.63) is 76.8 Å². The van der Waals surface area contributed by atoms with E-state index in [2.05, 4.69) is 4.98 Å². The molecule has 100 valence electrons. The van der Waals surface area contributed by atoms with Gasteiger partial charge in [0.25, 0.3) is 0 Å². The van der Waals surface area contributed by atoms with E-state index in [0.29, 0.717) is 5.02 Å². The molecule has 0 saturated carbocycles. The lowest BCUT2D eigenvalue weighted by molar-refractivity contribution is 0.436. The van der Waals surface area contributed by atoms with Crippen LogP contribution in [-0.2, 0) is 0 Å². The third-order valence-electron chi connectivity index (χ3n) is 3.42. The fraction of sp³-hybridized carbons (Fsp3) is 0.118. The first kappa shape index (κ1) is 12.9. The number of pyridine rings is 1. The van der Waals surface area contributed by atoms with Crippen molar-refractivity contribution in [2.45, 2.75) is 12.8 Å². The average molecular weight is 284 g/mol. The fourth-order valence-corrected chi connectivity index (χ4v) is 2.68. The predicted molar refractivity (Wildman–Crippen MR) is 82.4 cm³/mol. The maximum absolute atomic E-state index is 10.6. The van der Waals surface area contributed by atoms with Crippen molar-refractivity contribution in [3.8, 4) is 0 Å². The van der Waals surface area contributed by atoms with Crippen LogP contribution >= 0.6 is 11.6 Å². The largest absolute Gasteiger partial charge is 0.507 e. The van der Waals surface area contributed by atoms with Gasteiger partial charge >= 0.3 is 0 Å². The second-order valence-electron chi connectivity index (χ2n) is 4.68. The highest BCUT2D eigenvalue weighted by molar-refractivity contribution is 6.32. The number of aliphatic hydroxyl groups excluding tert-OH is 1. The zero-order valence-electron chi connectivity index (χ0n) is 10.9. The van der Waals surface area contributed by atoms with Crippen molar-refractivity contribution in [2.75, 3.05) is 0 Å². The molecule has 0 unspecified atom stereocenters. The number of nitrogens with zero attached hydrogens (tertiary/aromatic N) is 1. The number of hydrogen-bond acceptors (Lipinski definition) is 2. The monoisotopic (exact) mass is 283 g/mol. The number of halogens is 1. The molecule has 0 fully saturated rings. The van der Waals surface area contributed by atoms with Gasteiger partial charge in [0.15, 0.2) is 0 Å². The molecule has 1 aliphatic rings. The number of benzene rings is 1. The molecule has 0 bridgehead atoms. The van der Waals surface area contributed by atoms with Crippen molar-refractivity contribution in [1.82, 2.24) is 4.98 Å². The van der Waals surface area contributed by atoms with Crippen molar-refractivity contribution >= 4 is 22.7 Å². The van der Waals surface area contributed by atoms with E-state index in [9.17, 15) is 5.11 Å². The summed E-state index contributed by atoms with van der Waals surface area (Å²) in [5.41, 5.74) is 3.35. The number of aromatic nitrogens is 1. The van der Waals surface area contributed by atoms with E-state index in [1.54, 1.807) is 6.20 Å². The van der Waals surface area contributed by atoms with Crippen molar-refractivity contribution in [1.29, 1.82) is 0 Å². The van der Waals surface area contributed by atoms with Gasteiger partial charge < -0.3 is 5.11 Å². The van der Waals surface area contributed by atoms with Crippen LogP contribution in [-0.4, -0.2) is 10.1 Å². The minimum absolute atomic E-state index is 0.281. The van der Waals surface area contributed by atoms with Crippen LogP contribution in [0.3, 0.4) is 0 Å². The van der Waals surface area contributed by atoms with Gasteiger partial charge in [-0.15, -0.1) is 0 Å². The fourth-order valence-electron chi connectivity index (χ4n) is 2.45. The van der Waals surface area contributed by atoms with Crippen LogP contribution in [0, 0.1) is 0 Å². The normalized spacial score (nSPS) is 15.2. The van der Waals surface area contributed by atoms with Gasteiger partial charge in [-0.2, -0.15) is 0 Å². The molecule has 1 N–H and O–H groups in total. The van der Waals surface area contributed by atoms with Crippen LogP contribution in [0.5, 0.6) is 0 Å². The van der Waals surface area contributed by atoms with Crippen LogP contribution in [0.2, 0.25) is 5.02 Å². The van der Waals surface area contributed by atoms with E-state index in [4.69, 9.17) is 11.6 Å². The Morgan fingerprint density at radius 2 is 1.85 bits per heavy atom. The van der Waals surface area contributed by atoms with Gasteiger partial charge in [0.05, 0.1) is 5.69 Å². The van der Waals surface area contributed by atoms with Gasteiger partial charge in [0.1, 0.15) is 5.76 Å².